The fourth-order valence-corrected chi connectivity index (χ4v) is 1.27. The van der Waals surface area contributed by atoms with Gasteiger partial charge in [-0.2, -0.15) is 0 Å². The van der Waals surface area contributed by atoms with Gasteiger partial charge in [-0.3, -0.25) is 9.59 Å². The van der Waals surface area contributed by atoms with Crippen molar-refractivity contribution in [2.24, 2.45) is 5.73 Å². The van der Waals surface area contributed by atoms with Crippen LogP contribution in [0.2, 0.25) is 0 Å². The summed E-state index contributed by atoms with van der Waals surface area (Å²) in [7, 11) is 1.65. The highest BCUT2D eigenvalue weighted by Crippen LogP contribution is 2.08. The van der Waals surface area contributed by atoms with Crippen molar-refractivity contribution in [1.29, 1.82) is 0 Å². The van der Waals surface area contributed by atoms with Crippen LogP contribution in [0.25, 0.3) is 0 Å². The average Bonchev–Trinajstić information content (AvgIpc) is 2.70. The molecule has 0 aromatic carbocycles. The Bertz CT molecular complexity index is 400. The molecule has 1 heterocycles. The van der Waals surface area contributed by atoms with Gasteiger partial charge in [0, 0.05) is 7.05 Å². The molecule has 94 valence electrons. The minimum atomic E-state index is -0.347. The van der Waals surface area contributed by atoms with Gasteiger partial charge in [-0.25, -0.2) is 0 Å². The second-order valence-corrected chi connectivity index (χ2v) is 3.74. The molecule has 0 saturated heterocycles. The van der Waals surface area contributed by atoms with E-state index in [4.69, 9.17) is 10.2 Å². The summed E-state index contributed by atoms with van der Waals surface area (Å²) in [6.45, 7) is 2.05. The summed E-state index contributed by atoms with van der Waals surface area (Å²) in [6, 6.07) is 3.65. The number of rotatable bonds is 5. The van der Waals surface area contributed by atoms with Crippen molar-refractivity contribution >= 4 is 11.8 Å². The first-order valence-corrected chi connectivity index (χ1v) is 5.29. The molecule has 6 heteroatoms. The minimum Gasteiger partial charge on any atom is -0.464 e. The van der Waals surface area contributed by atoms with Gasteiger partial charge >= 0.3 is 0 Å². The van der Waals surface area contributed by atoms with Crippen molar-refractivity contribution in [3.05, 3.63) is 23.7 Å². The predicted octanol–water partition coefficient (Wildman–Crippen LogP) is -0.379. The number of hydrogen-bond acceptors (Lipinski definition) is 4. The summed E-state index contributed by atoms with van der Waals surface area (Å²) in [6.07, 6.45) is 0. The number of nitrogens with two attached hydrogens (primary N) is 1. The highest BCUT2D eigenvalue weighted by Gasteiger charge is 2.11. The quantitative estimate of drug-likeness (QED) is 0.733. The fourth-order valence-electron chi connectivity index (χ4n) is 1.27. The Kier molecular flexibility index (Phi) is 4.71. The molecule has 0 atom stereocenters. The Labute approximate surface area is 99.8 Å². The van der Waals surface area contributed by atoms with Crippen molar-refractivity contribution in [2.45, 2.75) is 13.5 Å². The van der Waals surface area contributed by atoms with E-state index in [1.807, 2.05) is 19.1 Å². The van der Waals surface area contributed by atoms with Crippen molar-refractivity contribution in [3.8, 4) is 0 Å². The number of furan rings is 1. The van der Waals surface area contributed by atoms with Gasteiger partial charge in [-0.15, -0.1) is 0 Å². The third-order valence-electron chi connectivity index (χ3n) is 2.24. The maximum absolute atomic E-state index is 11.6. The molecule has 0 unspecified atom stereocenters. The molecule has 0 aliphatic heterocycles. The number of likely N-dealkylation sites (N-methyl/N-ethyl adjacent to an activating group) is 1. The van der Waals surface area contributed by atoms with E-state index in [1.54, 1.807) is 7.05 Å². The molecule has 1 aromatic heterocycles. The number of amides is 2. The molecule has 2 amide bonds. The summed E-state index contributed by atoms with van der Waals surface area (Å²) in [5.41, 5.74) is 5.11. The van der Waals surface area contributed by atoms with Gasteiger partial charge in [0.1, 0.15) is 11.5 Å². The largest absolute Gasteiger partial charge is 0.464 e. The number of nitrogens with one attached hydrogen (secondary N) is 1. The van der Waals surface area contributed by atoms with E-state index in [0.29, 0.717) is 12.3 Å². The lowest BCUT2D eigenvalue weighted by Gasteiger charge is -2.15. The normalized spacial score (nSPS) is 10.1. The van der Waals surface area contributed by atoms with Crippen LogP contribution in [-0.4, -0.2) is 36.9 Å². The first-order valence-electron chi connectivity index (χ1n) is 5.29. The number of aryl methyl sites for hydroxylation is 1. The van der Waals surface area contributed by atoms with Gasteiger partial charge in [0.2, 0.25) is 11.8 Å². The summed E-state index contributed by atoms with van der Waals surface area (Å²) >= 11 is 0. The van der Waals surface area contributed by atoms with Gasteiger partial charge in [-0.1, -0.05) is 0 Å². The topological polar surface area (TPSA) is 88.6 Å². The van der Waals surface area contributed by atoms with Crippen molar-refractivity contribution in [1.82, 2.24) is 10.2 Å². The molecule has 0 spiro atoms. The summed E-state index contributed by atoms with van der Waals surface area (Å²) < 4.78 is 5.35. The molecular formula is C11H17N3O3. The van der Waals surface area contributed by atoms with Crippen LogP contribution in [0, 0.1) is 6.92 Å². The number of nitrogens with zero attached hydrogens (tertiary/aromatic N) is 1. The fraction of sp³-hybridized carbons (Fsp3) is 0.455. The van der Waals surface area contributed by atoms with E-state index in [0.717, 1.165) is 5.76 Å². The summed E-state index contributed by atoms with van der Waals surface area (Å²) in [4.78, 5) is 24.0. The molecule has 0 aliphatic carbocycles. The maximum atomic E-state index is 11.6. The molecule has 1 rings (SSSR count). The van der Waals surface area contributed by atoms with Gasteiger partial charge < -0.3 is 20.4 Å². The van der Waals surface area contributed by atoms with Crippen LogP contribution in [0.3, 0.4) is 0 Å². The lowest BCUT2D eigenvalue weighted by molar-refractivity contribution is -0.132. The minimum absolute atomic E-state index is 0.0494. The maximum Gasteiger partial charge on any atom is 0.242 e. The second kappa shape index (κ2) is 6.05. The standard InChI is InChI=1S/C11H17N3O3/c1-8-3-4-9(17-8)7-14(2)11(16)6-13-10(15)5-12/h3-4H,5-7,12H2,1-2H3,(H,13,15). The first-order chi connectivity index (χ1) is 8.02. The Balaban J connectivity index is 2.39. The monoisotopic (exact) mass is 239 g/mol. The van der Waals surface area contributed by atoms with E-state index in [2.05, 4.69) is 5.32 Å². The zero-order valence-corrected chi connectivity index (χ0v) is 10.0. The van der Waals surface area contributed by atoms with E-state index in [1.165, 1.54) is 4.90 Å². The second-order valence-electron chi connectivity index (χ2n) is 3.74. The van der Waals surface area contributed by atoms with Crippen molar-refractivity contribution in [2.75, 3.05) is 20.1 Å². The lowest BCUT2D eigenvalue weighted by Crippen LogP contribution is -2.40. The number of carbonyl (C=O) groups excluding carboxylic acids is 2. The van der Waals surface area contributed by atoms with E-state index >= 15 is 0 Å². The van der Waals surface area contributed by atoms with Crippen LogP contribution in [-0.2, 0) is 16.1 Å². The Hall–Kier alpha value is -1.82. The van der Waals surface area contributed by atoms with Crippen LogP contribution < -0.4 is 11.1 Å². The molecule has 3 N–H and O–H groups in total. The van der Waals surface area contributed by atoms with Crippen LogP contribution in [0.1, 0.15) is 11.5 Å². The van der Waals surface area contributed by atoms with Crippen LogP contribution in [0.4, 0.5) is 0 Å². The van der Waals surface area contributed by atoms with Gasteiger partial charge in [0.25, 0.3) is 0 Å². The Morgan fingerprint density at radius 3 is 2.71 bits per heavy atom. The average molecular weight is 239 g/mol. The van der Waals surface area contributed by atoms with Crippen LogP contribution in [0.15, 0.2) is 16.5 Å². The molecule has 17 heavy (non-hydrogen) atoms. The SMILES string of the molecule is Cc1ccc(CN(C)C(=O)CNC(=O)CN)o1. The van der Waals surface area contributed by atoms with E-state index < -0.39 is 0 Å². The van der Waals surface area contributed by atoms with Gasteiger partial charge in [0.15, 0.2) is 0 Å². The predicted molar refractivity (Wildman–Crippen MR) is 62.0 cm³/mol. The molecule has 1 aromatic rings. The van der Waals surface area contributed by atoms with Gasteiger partial charge in [0.05, 0.1) is 19.6 Å². The molecule has 0 aliphatic rings. The van der Waals surface area contributed by atoms with Crippen molar-refractivity contribution < 1.29 is 14.0 Å². The van der Waals surface area contributed by atoms with E-state index in [9.17, 15) is 9.59 Å². The Morgan fingerprint density at radius 1 is 1.47 bits per heavy atom. The summed E-state index contributed by atoms with van der Waals surface area (Å²) in [5.74, 6) is 0.974. The van der Waals surface area contributed by atoms with Crippen LogP contribution in [0.5, 0.6) is 0 Å². The van der Waals surface area contributed by atoms with Crippen LogP contribution >= 0.6 is 0 Å². The van der Waals surface area contributed by atoms with Gasteiger partial charge in [-0.05, 0) is 19.1 Å². The first kappa shape index (κ1) is 13.2. The molecular weight excluding hydrogens is 222 g/mol. The molecule has 6 nitrogen and oxygen atoms in total. The highest BCUT2D eigenvalue weighted by molar-refractivity contribution is 5.85. The Morgan fingerprint density at radius 2 is 2.18 bits per heavy atom. The lowest BCUT2D eigenvalue weighted by atomic mass is 10.4. The van der Waals surface area contributed by atoms with Crippen molar-refractivity contribution in [3.63, 3.8) is 0 Å². The molecule has 0 saturated carbocycles. The van der Waals surface area contributed by atoms with E-state index in [-0.39, 0.29) is 24.9 Å². The zero-order chi connectivity index (χ0) is 12.8. The number of carbonyl (C=O) groups is 2. The highest BCUT2D eigenvalue weighted by atomic mass is 16.3. The summed E-state index contributed by atoms with van der Waals surface area (Å²) in [5, 5.41) is 2.42. The smallest absolute Gasteiger partial charge is 0.242 e. The molecule has 0 radical (unpaired) electrons. The zero-order valence-electron chi connectivity index (χ0n) is 10.0. The molecule has 0 bridgehead atoms. The number of hydrogen-bond donors (Lipinski definition) is 2. The molecule has 0 fully saturated rings. The third-order valence-corrected chi connectivity index (χ3v) is 2.24. The third kappa shape index (κ3) is 4.28.